The summed E-state index contributed by atoms with van der Waals surface area (Å²) in [6.45, 7) is 0.464. The first-order valence-corrected chi connectivity index (χ1v) is 7.24. The van der Waals surface area contributed by atoms with Gasteiger partial charge in [-0.3, -0.25) is 14.5 Å². The minimum atomic E-state index is -0.338. The zero-order chi connectivity index (χ0) is 15.0. The summed E-state index contributed by atoms with van der Waals surface area (Å²) in [4.78, 5) is 27.9. The molecule has 21 heavy (non-hydrogen) atoms. The number of fused-ring (bicyclic) bond motifs is 1. The molecule has 1 atom stereocenters. The Kier molecular flexibility index (Phi) is 3.69. The van der Waals surface area contributed by atoms with Crippen LogP contribution in [-0.4, -0.2) is 34.8 Å². The van der Waals surface area contributed by atoms with Crippen LogP contribution in [0.1, 0.15) is 18.5 Å². The molecule has 5 nitrogen and oxygen atoms in total. The summed E-state index contributed by atoms with van der Waals surface area (Å²) in [5.74, 6) is -0.305. The standard InChI is InChI=1S/C15H16ClN3O2/c1-19-13(20)7-6-11(15(19)21)17-8-12-14(16)9-4-2-3-5-10(9)18-12/h2-5,11,17-18H,6-8H2,1H3. The second-order valence-corrected chi connectivity index (χ2v) is 5.60. The molecule has 1 aromatic carbocycles. The van der Waals surface area contributed by atoms with Crippen LogP contribution in [0.3, 0.4) is 0 Å². The minimum absolute atomic E-state index is 0.123. The third kappa shape index (κ3) is 2.54. The number of H-pyrrole nitrogens is 1. The van der Waals surface area contributed by atoms with Crippen molar-refractivity contribution in [2.24, 2.45) is 0 Å². The average Bonchev–Trinajstić information content (AvgIpc) is 2.81. The fourth-order valence-corrected chi connectivity index (χ4v) is 2.89. The Bertz CT molecular complexity index is 710. The molecule has 0 bridgehead atoms. The number of benzene rings is 1. The van der Waals surface area contributed by atoms with Crippen LogP contribution in [0.15, 0.2) is 24.3 Å². The lowest BCUT2D eigenvalue weighted by molar-refractivity contribution is -0.148. The van der Waals surface area contributed by atoms with Crippen molar-refractivity contribution in [1.29, 1.82) is 0 Å². The number of carbonyl (C=O) groups excluding carboxylic acids is 2. The summed E-state index contributed by atoms with van der Waals surface area (Å²) >= 11 is 6.34. The van der Waals surface area contributed by atoms with E-state index in [-0.39, 0.29) is 17.9 Å². The van der Waals surface area contributed by atoms with Gasteiger partial charge in [0.2, 0.25) is 11.8 Å². The number of aromatic amines is 1. The maximum absolute atomic E-state index is 12.0. The quantitative estimate of drug-likeness (QED) is 0.853. The lowest BCUT2D eigenvalue weighted by atomic mass is 10.0. The summed E-state index contributed by atoms with van der Waals surface area (Å²) < 4.78 is 0. The molecular weight excluding hydrogens is 290 g/mol. The highest BCUT2D eigenvalue weighted by atomic mass is 35.5. The molecule has 2 N–H and O–H groups in total. The van der Waals surface area contributed by atoms with Crippen molar-refractivity contribution in [3.05, 3.63) is 35.0 Å². The molecule has 2 heterocycles. The number of carbonyl (C=O) groups is 2. The van der Waals surface area contributed by atoms with Crippen LogP contribution in [0.25, 0.3) is 10.9 Å². The fraction of sp³-hybridized carbons (Fsp3) is 0.333. The molecule has 110 valence electrons. The summed E-state index contributed by atoms with van der Waals surface area (Å²) in [5.41, 5.74) is 1.83. The van der Waals surface area contributed by atoms with E-state index in [1.807, 2.05) is 24.3 Å². The number of likely N-dealkylation sites (tertiary alicyclic amines) is 1. The Morgan fingerprint density at radius 1 is 1.38 bits per heavy atom. The number of nitrogens with one attached hydrogen (secondary N) is 2. The van der Waals surface area contributed by atoms with Crippen molar-refractivity contribution in [2.45, 2.75) is 25.4 Å². The Morgan fingerprint density at radius 3 is 2.90 bits per heavy atom. The molecule has 3 rings (SSSR count). The molecule has 6 heteroatoms. The number of hydrogen-bond acceptors (Lipinski definition) is 3. The van der Waals surface area contributed by atoms with Crippen LogP contribution < -0.4 is 5.32 Å². The predicted molar refractivity (Wildman–Crippen MR) is 80.9 cm³/mol. The van der Waals surface area contributed by atoms with Crippen LogP contribution in [0.2, 0.25) is 5.02 Å². The van der Waals surface area contributed by atoms with Gasteiger partial charge in [0, 0.05) is 36.6 Å². The van der Waals surface area contributed by atoms with Crippen LogP contribution >= 0.6 is 11.6 Å². The van der Waals surface area contributed by atoms with Crippen molar-refractivity contribution in [3.8, 4) is 0 Å². The van der Waals surface area contributed by atoms with Crippen LogP contribution in [0, 0.1) is 0 Å². The molecule has 0 aliphatic carbocycles. The number of halogens is 1. The number of rotatable bonds is 3. The summed E-state index contributed by atoms with van der Waals surface area (Å²) in [6, 6.07) is 7.45. The van der Waals surface area contributed by atoms with Crippen molar-refractivity contribution < 1.29 is 9.59 Å². The largest absolute Gasteiger partial charge is 0.356 e. The summed E-state index contributed by atoms with van der Waals surface area (Å²) in [5, 5.41) is 4.82. The number of likely N-dealkylation sites (N-methyl/N-ethyl adjacent to an activating group) is 1. The Balaban J connectivity index is 1.73. The van der Waals surface area contributed by atoms with E-state index < -0.39 is 0 Å². The molecule has 0 radical (unpaired) electrons. The molecule has 0 spiro atoms. The molecule has 1 saturated heterocycles. The maximum Gasteiger partial charge on any atom is 0.246 e. The van der Waals surface area contributed by atoms with Crippen LogP contribution in [-0.2, 0) is 16.1 Å². The van der Waals surface area contributed by atoms with E-state index in [4.69, 9.17) is 11.6 Å². The topological polar surface area (TPSA) is 65.2 Å². The number of imide groups is 1. The number of para-hydroxylation sites is 1. The van der Waals surface area contributed by atoms with Crippen molar-refractivity contribution in [2.75, 3.05) is 7.05 Å². The molecule has 1 fully saturated rings. The number of piperidine rings is 1. The highest BCUT2D eigenvalue weighted by molar-refractivity contribution is 6.36. The number of amides is 2. The second kappa shape index (κ2) is 5.50. The highest BCUT2D eigenvalue weighted by Gasteiger charge is 2.31. The van der Waals surface area contributed by atoms with Crippen LogP contribution in [0.4, 0.5) is 0 Å². The molecular formula is C15H16ClN3O2. The first-order chi connectivity index (χ1) is 10.1. The van der Waals surface area contributed by atoms with E-state index in [0.717, 1.165) is 16.6 Å². The Labute approximate surface area is 127 Å². The lowest BCUT2D eigenvalue weighted by Gasteiger charge is -2.28. The van der Waals surface area contributed by atoms with Gasteiger partial charge in [-0.05, 0) is 12.5 Å². The zero-order valence-corrected chi connectivity index (χ0v) is 12.4. The first-order valence-electron chi connectivity index (χ1n) is 6.87. The van der Waals surface area contributed by atoms with E-state index in [0.29, 0.717) is 24.4 Å². The van der Waals surface area contributed by atoms with Crippen molar-refractivity contribution in [3.63, 3.8) is 0 Å². The average molecular weight is 306 g/mol. The third-order valence-corrected chi connectivity index (χ3v) is 4.32. The molecule has 1 aliphatic rings. The van der Waals surface area contributed by atoms with Gasteiger partial charge in [0.25, 0.3) is 0 Å². The van der Waals surface area contributed by atoms with Gasteiger partial charge in [-0.2, -0.15) is 0 Å². The molecule has 0 saturated carbocycles. The van der Waals surface area contributed by atoms with E-state index in [2.05, 4.69) is 10.3 Å². The van der Waals surface area contributed by atoms with Crippen LogP contribution in [0.5, 0.6) is 0 Å². The van der Waals surface area contributed by atoms with Gasteiger partial charge in [-0.1, -0.05) is 29.8 Å². The zero-order valence-electron chi connectivity index (χ0n) is 11.6. The molecule has 1 aliphatic heterocycles. The monoisotopic (exact) mass is 305 g/mol. The molecule has 1 aromatic heterocycles. The van der Waals surface area contributed by atoms with Gasteiger partial charge >= 0.3 is 0 Å². The van der Waals surface area contributed by atoms with E-state index in [1.54, 1.807) is 0 Å². The van der Waals surface area contributed by atoms with Gasteiger partial charge in [-0.15, -0.1) is 0 Å². The first kappa shape index (κ1) is 14.1. The Hall–Kier alpha value is -1.85. The number of nitrogens with zero attached hydrogens (tertiary/aromatic N) is 1. The van der Waals surface area contributed by atoms with E-state index in [9.17, 15) is 9.59 Å². The lowest BCUT2D eigenvalue weighted by Crippen LogP contribution is -2.51. The minimum Gasteiger partial charge on any atom is -0.356 e. The van der Waals surface area contributed by atoms with Gasteiger partial charge < -0.3 is 10.3 Å². The second-order valence-electron chi connectivity index (χ2n) is 5.23. The number of hydrogen-bond donors (Lipinski definition) is 2. The molecule has 1 unspecified atom stereocenters. The van der Waals surface area contributed by atoms with Gasteiger partial charge in [0.15, 0.2) is 0 Å². The van der Waals surface area contributed by atoms with E-state index in [1.165, 1.54) is 11.9 Å². The van der Waals surface area contributed by atoms with Crippen molar-refractivity contribution >= 4 is 34.3 Å². The Morgan fingerprint density at radius 2 is 2.14 bits per heavy atom. The SMILES string of the molecule is CN1C(=O)CCC(NCc2[nH]c3ccccc3c2Cl)C1=O. The number of aromatic nitrogens is 1. The van der Waals surface area contributed by atoms with Gasteiger partial charge in [0.05, 0.1) is 11.1 Å². The van der Waals surface area contributed by atoms with E-state index >= 15 is 0 Å². The third-order valence-electron chi connectivity index (χ3n) is 3.89. The maximum atomic E-state index is 12.0. The van der Waals surface area contributed by atoms with Gasteiger partial charge in [0.1, 0.15) is 0 Å². The van der Waals surface area contributed by atoms with Crippen molar-refractivity contribution in [1.82, 2.24) is 15.2 Å². The summed E-state index contributed by atoms with van der Waals surface area (Å²) in [6.07, 6.45) is 0.917. The summed E-state index contributed by atoms with van der Waals surface area (Å²) in [7, 11) is 1.52. The predicted octanol–water partition coefficient (Wildman–Crippen LogP) is 2.06. The van der Waals surface area contributed by atoms with Gasteiger partial charge in [-0.25, -0.2) is 0 Å². The molecule has 2 aromatic rings. The molecule has 2 amide bonds. The normalized spacial score (nSPS) is 19.5. The highest BCUT2D eigenvalue weighted by Crippen LogP contribution is 2.27. The smallest absolute Gasteiger partial charge is 0.246 e. The fourth-order valence-electron chi connectivity index (χ4n) is 2.62.